The van der Waals surface area contributed by atoms with Crippen LogP contribution in [0.15, 0.2) is 35.4 Å². The maximum Gasteiger partial charge on any atom is 0.420 e. The van der Waals surface area contributed by atoms with Gasteiger partial charge in [0.15, 0.2) is 9.84 Å². The summed E-state index contributed by atoms with van der Waals surface area (Å²) in [6.07, 6.45) is -2.34. The number of carbonyl (C=O) groups is 1. The lowest BCUT2D eigenvalue weighted by atomic mass is 10.1. The summed E-state index contributed by atoms with van der Waals surface area (Å²) in [7, 11) is -3.92. The molecule has 15 heteroatoms. The van der Waals surface area contributed by atoms with Crippen LogP contribution in [-0.4, -0.2) is 85.9 Å². The number of piperazine rings is 1. The number of ether oxygens (including phenoxy) is 1. The van der Waals surface area contributed by atoms with Crippen LogP contribution in [0.4, 0.5) is 30.5 Å². The molecule has 2 atom stereocenters. The van der Waals surface area contributed by atoms with Crippen molar-refractivity contribution in [2.75, 3.05) is 48.8 Å². The molecule has 2 N–H and O–H groups in total. The molecule has 7 rings (SSSR count). The van der Waals surface area contributed by atoms with Gasteiger partial charge in [-0.3, -0.25) is 4.79 Å². The number of nitrogens with one attached hydrogen (secondary N) is 2. The van der Waals surface area contributed by atoms with Gasteiger partial charge in [-0.2, -0.15) is 13.2 Å². The Morgan fingerprint density at radius 3 is 2.65 bits per heavy atom. The topological polar surface area (TPSA) is 117 Å². The zero-order valence-corrected chi connectivity index (χ0v) is 24.8. The lowest BCUT2D eigenvalue weighted by Gasteiger charge is -2.36. The lowest BCUT2D eigenvalue weighted by Crippen LogP contribution is -2.52. The second-order valence-corrected chi connectivity index (χ2v) is 14.4. The Kier molecular flexibility index (Phi) is 6.91. The van der Waals surface area contributed by atoms with Gasteiger partial charge in [0.05, 0.1) is 40.5 Å². The van der Waals surface area contributed by atoms with Crippen LogP contribution in [0.1, 0.15) is 34.1 Å². The van der Waals surface area contributed by atoms with Crippen molar-refractivity contribution in [1.82, 2.24) is 20.2 Å². The average Bonchev–Trinajstić information content (AvgIpc) is 3.69. The van der Waals surface area contributed by atoms with Gasteiger partial charge >= 0.3 is 6.18 Å². The number of benzene rings is 1. The number of halogens is 3. The Morgan fingerprint density at radius 1 is 1.19 bits per heavy atom. The molecular formula is C28H29F3N6O4S2. The molecule has 6 heterocycles. The largest absolute Gasteiger partial charge is 0.420 e. The number of carbonyl (C=O) groups excluding carboxylic acids is 1. The SMILES string of the molecule is CCc1cc(N2C[C@H]3C[C@@H]2CN3)ccc1Nc1ncc(C(F)(F)F)c(-c2cc3c(s2)C(=O)N(C2COC2)CCS3(=O)=O)n1. The summed E-state index contributed by atoms with van der Waals surface area (Å²) < 4.78 is 73.8. The van der Waals surface area contributed by atoms with Crippen molar-refractivity contribution >= 4 is 44.4 Å². The van der Waals surface area contributed by atoms with Crippen molar-refractivity contribution in [3.63, 3.8) is 0 Å². The number of amides is 1. The fourth-order valence-corrected chi connectivity index (χ4v) is 9.11. The second kappa shape index (κ2) is 10.4. The smallest absolute Gasteiger partial charge is 0.377 e. The summed E-state index contributed by atoms with van der Waals surface area (Å²) in [5, 5.41) is 6.57. The highest BCUT2D eigenvalue weighted by molar-refractivity contribution is 7.91. The van der Waals surface area contributed by atoms with Crippen LogP contribution in [0.5, 0.6) is 0 Å². The Morgan fingerprint density at radius 2 is 2.00 bits per heavy atom. The third-order valence-electron chi connectivity index (χ3n) is 8.58. The molecule has 0 radical (unpaired) electrons. The number of rotatable bonds is 6. The zero-order chi connectivity index (χ0) is 30.1. The minimum Gasteiger partial charge on any atom is -0.377 e. The van der Waals surface area contributed by atoms with Crippen molar-refractivity contribution in [2.45, 2.75) is 49.0 Å². The molecule has 10 nitrogen and oxygen atoms in total. The Bertz CT molecular complexity index is 1710. The van der Waals surface area contributed by atoms with Gasteiger partial charge in [0.2, 0.25) is 5.95 Å². The summed E-state index contributed by atoms with van der Waals surface area (Å²) in [5.41, 5.74) is 1.11. The summed E-state index contributed by atoms with van der Waals surface area (Å²) >= 11 is 0.703. The van der Waals surface area contributed by atoms with Gasteiger partial charge in [0, 0.05) is 49.3 Å². The van der Waals surface area contributed by atoms with E-state index in [9.17, 15) is 26.4 Å². The molecule has 1 amide bonds. The van der Waals surface area contributed by atoms with E-state index in [1.165, 1.54) is 4.90 Å². The Labute approximate surface area is 250 Å². The van der Waals surface area contributed by atoms with E-state index in [-0.39, 0.29) is 52.2 Å². The Balaban J connectivity index is 1.24. The normalized spacial score (nSPS) is 23.3. The first kappa shape index (κ1) is 28.5. The molecule has 43 heavy (non-hydrogen) atoms. The zero-order valence-electron chi connectivity index (χ0n) is 23.1. The molecule has 2 aromatic heterocycles. The van der Waals surface area contributed by atoms with Crippen LogP contribution < -0.4 is 15.5 Å². The van der Waals surface area contributed by atoms with Gasteiger partial charge in [-0.05, 0) is 42.7 Å². The third kappa shape index (κ3) is 5.05. The number of hydrogen-bond donors (Lipinski definition) is 2. The number of nitrogens with zero attached hydrogens (tertiary/aromatic N) is 4. The molecule has 2 bridgehead atoms. The van der Waals surface area contributed by atoms with Gasteiger partial charge in [0.25, 0.3) is 5.91 Å². The van der Waals surface area contributed by atoms with Crippen LogP contribution in [0.3, 0.4) is 0 Å². The number of alkyl halides is 3. The summed E-state index contributed by atoms with van der Waals surface area (Å²) in [6, 6.07) is 7.75. The van der Waals surface area contributed by atoms with Crippen molar-refractivity contribution in [1.29, 1.82) is 0 Å². The highest BCUT2D eigenvalue weighted by atomic mass is 32.2. The fraction of sp³-hybridized carbons (Fsp3) is 0.464. The number of anilines is 3. The van der Waals surface area contributed by atoms with E-state index < -0.39 is 33.2 Å². The molecule has 3 aromatic rings. The molecule has 1 aromatic carbocycles. The monoisotopic (exact) mass is 634 g/mol. The lowest BCUT2D eigenvalue weighted by molar-refractivity contribution is -0.137. The molecule has 3 saturated heterocycles. The molecule has 0 saturated carbocycles. The predicted octanol–water partition coefficient (Wildman–Crippen LogP) is 3.71. The van der Waals surface area contributed by atoms with E-state index in [0.29, 0.717) is 41.7 Å². The molecule has 0 aliphatic carbocycles. The molecule has 4 aliphatic heterocycles. The minimum atomic E-state index is -4.81. The van der Waals surface area contributed by atoms with Gasteiger partial charge in [-0.15, -0.1) is 11.3 Å². The van der Waals surface area contributed by atoms with Crippen LogP contribution in [-0.2, 0) is 27.2 Å². The van der Waals surface area contributed by atoms with E-state index in [0.717, 1.165) is 36.8 Å². The number of aryl methyl sites for hydroxylation is 1. The van der Waals surface area contributed by atoms with Crippen LogP contribution in [0.2, 0.25) is 0 Å². The van der Waals surface area contributed by atoms with Gasteiger partial charge in [-0.1, -0.05) is 6.92 Å². The molecular weight excluding hydrogens is 605 g/mol. The first-order chi connectivity index (χ1) is 20.5. The summed E-state index contributed by atoms with van der Waals surface area (Å²) in [6.45, 7) is 4.44. The van der Waals surface area contributed by atoms with Crippen molar-refractivity contribution in [3.8, 4) is 10.6 Å². The van der Waals surface area contributed by atoms with Crippen molar-refractivity contribution in [2.24, 2.45) is 0 Å². The van der Waals surface area contributed by atoms with Crippen molar-refractivity contribution < 1.29 is 31.1 Å². The average molecular weight is 635 g/mol. The molecule has 0 unspecified atom stereocenters. The van der Waals surface area contributed by atoms with E-state index in [4.69, 9.17) is 4.74 Å². The number of aromatic nitrogens is 2. The van der Waals surface area contributed by atoms with Crippen LogP contribution in [0.25, 0.3) is 10.6 Å². The highest BCUT2D eigenvalue weighted by Crippen LogP contribution is 2.42. The first-order valence-electron chi connectivity index (χ1n) is 14.1. The molecule has 0 spiro atoms. The maximum absolute atomic E-state index is 14.2. The number of sulfone groups is 1. The van der Waals surface area contributed by atoms with Crippen LogP contribution >= 0.6 is 11.3 Å². The summed E-state index contributed by atoms with van der Waals surface area (Å²) in [4.78, 5) is 24.9. The predicted molar refractivity (Wildman–Crippen MR) is 155 cm³/mol. The molecule has 3 fully saturated rings. The second-order valence-electron chi connectivity index (χ2n) is 11.2. The number of hydrogen-bond acceptors (Lipinski definition) is 10. The minimum absolute atomic E-state index is 0.00423. The fourth-order valence-electron chi connectivity index (χ4n) is 6.19. The molecule has 228 valence electrons. The van der Waals surface area contributed by atoms with Gasteiger partial charge in [-0.25, -0.2) is 18.4 Å². The number of thiophene rings is 1. The number of fused-ring (bicyclic) bond motifs is 3. The molecule has 4 aliphatic rings. The first-order valence-corrected chi connectivity index (χ1v) is 16.6. The van der Waals surface area contributed by atoms with E-state index in [1.807, 2.05) is 19.1 Å². The summed E-state index contributed by atoms with van der Waals surface area (Å²) in [5.74, 6) is -0.927. The maximum atomic E-state index is 14.2. The van der Waals surface area contributed by atoms with E-state index in [1.54, 1.807) is 0 Å². The van der Waals surface area contributed by atoms with Crippen LogP contribution in [0, 0.1) is 0 Å². The van der Waals surface area contributed by atoms with Gasteiger partial charge in [0.1, 0.15) is 10.4 Å². The Hall–Kier alpha value is -3.27. The van der Waals surface area contributed by atoms with Crippen molar-refractivity contribution in [3.05, 3.63) is 46.5 Å². The van der Waals surface area contributed by atoms with E-state index >= 15 is 0 Å². The highest BCUT2D eigenvalue weighted by Gasteiger charge is 2.41. The quantitative estimate of drug-likeness (QED) is 0.419. The van der Waals surface area contributed by atoms with Gasteiger partial charge < -0.3 is 25.2 Å². The van der Waals surface area contributed by atoms with E-state index in [2.05, 4.69) is 31.6 Å². The third-order valence-corrected chi connectivity index (χ3v) is 11.6. The standard InChI is InChI=1S/C28H29F3N6O4S2/c1-2-15-7-17(37-12-16-8-18(37)10-32-16)3-4-21(15)34-27-33-11-20(28(29,30)31)24(35-27)22-9-23-25(42-22)26(38)36(19-13-41-14-19)5-6-43(23,39)40/h3-4,7,9,11,16,18-19,32H,2,5-6,8,10,12-14H2,1H3,(H,33,34,35)/t16-,18-/m1/s1.